The molecular weight excluding hydrogens is 386 g/mol. The third kappa shape index (κ3) is 4.31. The minimum Gasteiger partial charge on any atom is -0.469 e. The van der Waals surface area contributed by atoms with E-state index < -0.39 is 0 Å². The third-order valence-electron chi connectivity index (χ3n) is 5.75. The van der Waals surface area contributed by atoms with Gasteiger partial charge in [0.15, 0.2) is 0 Å². The highest BCUT2D eigenvalue weighted by atomic mass is 16.3. The molecule has 2 aromatic heterocycles. The summed E-state index contributed by atoms with van der Waals surface area (Å²) in [5.41, 5.74) is 4.05. The van der Waals surface area contributed by atoms with E-state index in [0.717, 1.165) is 35.5 Å². The highest BCUT2D eigenvalue weighted by Crippen LogP contribution is 2.29. The molecule has 2 aromatic carbocycles. The molecule has 0 bridgehead atoms. The average Bonchev–Trinajstić information content (AvgIpc) is 3.45. The molecule has 1 atom stereocenters. The number of nitrogens with zero attached hydrogens (tertiary/aromatic N) is 3. The molecule has 0 spiro atoms. The lowest BCUT2D eigenvalue weighted by atomic mass is 10.0. The van der Waals surface area contributed by atoms with Crippen molar-refractivity contribution in [3.8, 4) is 16.9 Å². The van der Waals surface area contributed by atoms with Gasteiger partial charge in [-0.15, -0.1) is 0 Å². The van der Waals surface area contributed by atoms with Crippen LogP contribution >= 0.6 is 0 Å². The highest BCUT2D eigenvalue weighted by Gasteiger charge is 2.27. The van der Waals surface area contributed by atoms with Crippen molar-refractivity contribution >= 4 is 5.91 Å². The summed E-state index contributed by atoms with van der Waals surface area (Å²) >= 11 is 0. The monoisotopic (exact) mass is 413 g/mol. The fourth-order valence-electron chi connectivity index (χ4n) is 3.75. The van der Waals surface area contributed by atoms with Crippen LogP contribution in [0.25, 0.3) is 16.9 Å². The number of hydrogen-bond donors (Lipinski definition) is 0. The number of carbonyl (C=O) groups excluding carboxylic acids is 1. The lowest BCUT2D eigenvalue weighted by molar-refractivity contribution is 0.0736. The first-order valence-corrected chi connectivity index (χ1v) is 10.6. The molecule has 0 aliphatic carbocycles. The van der Waals surface area contributed by atoms with Crippen molar-refractivity contribution < 1.29 is 9.21 Å². The van der Waals surface area contributed by atoms with Crippen molar-refractivity contribution in [2.75, 3.05) is 7.05 Å². The van der Waals surface area contributed by atoms with E-state index >= 15 is 0 Å². The number of para-hydroxylation sites is 1. The third-order valence-corrected chi connectivity index (χ3v) is 5.75. The Kier molecular flexibility index (Phi) is 6.03. The second-order valence-electron chi connectivity index (χ2n) is 7.81. The first-order valence-electron chi connectivity index (χ1n) is 10.6. The Labute approximate surface area is 182 Å². The molecule has 1 amide bonds. The van der Waals surface area contributed by atoms with Gasteiger partial charge in [0.1, 0.15) is 11.5 Å². The van der Waals surface area contributed by atoms with Crippen LogP contribution in [0.2, 0.25) is 0 Å². The molecule has 0 fully saturated rings. The van der Waals surface area contributed by atoms with Gasteiger partial charge in [-0.2, -0.15) is 5.10 Å². The number of rotatable bonds is 7. The molecule has 0 radical (unpaired) electrons. The van der Waals surface area contributed by atoms with E-state index in [1.807, 2.05) is 96.3 Å². The van der Waals surface area contributed by atoms with E-state index in [1.54, 1.807) is 6.26 Å². The maximum absolute atomic E-state index is 13.7. The summed E-state index contributed by atoms with van der Waals surface area (Å²) in [5, 5.41) is 4.85. The van der Waals surface area contributed by atoms with Crippen LogP contribution < -0.4 is 0 Å². The van der Waals surface area contributed by atoms with Crippen molar-refractivity contribution in [2.45, 2.75) is 32.7 Å². The highest BCUT2D eigenvalue weighted by molar-refractivity contribution is 6.01. The zero-order valence-electron chi connectivity index (χ0n) is 18.2. The van der Waals surface area contributed by atoms with Gasteiger partial charge < -0.3 is 9.32 Å². The van der Waals surface area contributed by atoms with Gasteiger partial charge in [-0.1, -0.05) is 48.5 Å². The minimum atomic E-state index is -0.0227. The molecule has 0 aliphatic rings. The van der Waals surface area contributed by atoms with Crippen molar-refractivity contribution in [3.63, 3.8) is 0 Å². The quantitative estimate of drug-likeness (QED) is 0.400. The van der Waals surface area contributed by atoms with E-state index in [4.69, 9.17) is 9.52 Å². The van der Waals surface area contributed by atoms with E-state index in [2.05, 4.69) is 6.92 Å². The van der Waals surface area contributed by atoms with Crippen LogP contribution in [0.1, 0.15) is 35.2 Å². The predicted octanol–water partition coefficient (Wildman–Crippen LogP) is 5.53. The molecule has 4 rings (SSSR count). The molecular formula is C26H27N3O2. The average molecular weight is 414 g/mol. The van der Waals surface area contributed by atoms with Crippen molar-refractivity contribution in [1.82, 2.24) is 14.7 Å². The summed E-state index contributed by atoms with van der Waals surface area (Å²) in [7, 11) is 1.86. The molecule has 0 saturated heterocycles. The molecule has 2 heterocycles. The number of carbonyl (C=O) groups is 1. The van der Waals surface area contributed by atoms with Crippen LogP contribution in [0.15, 0.2) is 83.5 Å². The second kappa shape index (κ2) is 9.04. The zero-order valence-corrected chi connectivity index (χ0v) is 18.2. The summed E-state index contributed by atoms with van der Waals surface area (Å²) in [6.45, 7) is 4.03. The van der Waals surface area contributed by atoms with Gasteiger partial charge in [0.2, 0.25) is 0 Å². The Bertz CT molecular complexity index is 1130. The van der Waals surface area contributed by atoms with Crippen LogP contribution in [-0.4, -0.2) is 33.7 Å². The first-order chi connectivity index (χ1) is 15.1. The summed E-state index contributed by atoms with van der Waals surface area (Å²) in [6, 6.07) is 23.7. The van der Waals surface area contributed by atoms with Crippen molar-refractivity contribution in [1.29, 1.82) is 0 Å². The Morgan fingerprint density at radius 3 is 2.35 bits per heavy atom. The van der Waals surface area contributed by atoms with Crippen LogP contribution in [0.3, 0.4) is 0 Å². The number of aromatic nitrogens is 2. The standard InChI is InChI=1S/C26H27N3O2/c1-19(16-17-23-15-10-18-31-23)28(3)26(30)24-20(2)29(22-13-8-5-9-14-22)27-25(24)21-11-6-4-7-12-21/h4-15,18-19H,16-17H2,1-3H3. The summed E-state index contributed by atoms with van der Waals surface area (Å²) < 4.78 is 7.30. The van der Waals surface area contributed by atoms with Gasteiger partial charge in [0.05, 0.1) is 23.2 Å². The molecule has 1 unspecified atom stereocenters. The van der Waals surface area contributed by atoms with Gasteiger partial charge in [-0.05, 0) is 44.5 Å². The first kappa shape index (κ1) is 20.7. The van der Waals surface area contributed by atoms with Crippen LogP contribution in [0, 0.1) is 6.92 Å². The molecule has 5 heteroatoms. The Morgan fingerprint density at radius 1 is 1.03 bits per heavy atom. The predicted molar refractivity (Wildman–Crippen MR) is 122 cm³/mol. The van der Waals surface area contributed by atoms with Gasteiger partial charge in [-0.25, -0.2) is 4.68 Å². The molecule has 158 valence electrons. The van der Waals surface area contributed by atoms with E-state index in [1.165, 1.54) is 0 Å². The molecule has 31 heavy (non-hydrogen) atoms. The van der Waals surface area contributed by atoms with Crippen molar-refractivity contribution in [3.05, 3.63) is 96.1 Å². The Morgan fingerprint density at radius 2 is 1.71 bits per heavy atom. The summed E-state index contributed by atoms with van der Waals surface area (Å²) in [4.78, 5) is 15.5. The van der Waals surface area contributed by atoms with Crippen LogP contribution in [0.4, 0.5) is 0 Å². The normalized spacial score (nSPS) is 12.0. The Balaban J connectivity index is 1.68. The lowest BCUT2D eigenvalue weighted by Crippen LogP contribution is -2.36. The maximum atomic E-state index is 13.7. The molecule has 5 nitrogen and oxygen atoms in total. The van der Waals surface area contributed by atoms with Gasteiger partial charge >= 0.3 is 0 Å². The fraction of sp³-hybridized carbons (Fsp3) is 0.231. The minimum absolute atomic E-state index is 0.0227. The van der Waals surface area contributed by atoms with Gasteiger partial charge in [0, 0.05) is 25.1 Å². The van der Waals surface area contributed by atoms with Crippen LogP contribution in [0.5, 0.6) is 0 Å². The number of amides is 1. The van der Waals surface area contributed by atoms with Gasteiger partial charge in [0.25, 0.3) is 5.91 Å². The zero-order chi connectivity index (χ0) is 21.8. The molecule has 0 aliphatic heterocycles. The lowest BCUT2D eigenvalue weighted by Gasteiger charge is -2.25. The summed E-state index contributed by atoms with van der Waals surface area (Å²) in [6.07, 6.45) is 3.30. The fourth-order valence-corrected chi connectivity index (χ4v) is 3.75. The second-order valence-corrected chi connectivity index (χ2v) is 7.81. The largest absolute Gasteiger partial charge is 0.469 e. The number of aryl methyl sites for hydroxylation is 1. The number of benzene rings is 2. The number of furan rings is 1. The molecule has 4 aromatic rings. The Hall–Kier alpha value is -3.60. The topological polar surface area (TPSA) is 51.3 Å². The number of hydrogen-bond acceptors (Lipinski definition) is 3. The van der Waals surface area contributed by atoms with Crippen molar-refractivity contribution in [2.24, 2.45) is 0 Å². The van der Waals surface area contributed by atoms with Gasteiger partial charge in [-0.3, -0.25) is 4.79 Å². The van der Waals surface area contributed by atoms with Crippen LogP contribution in [-0.2, 0) is 6.42 Å². The van der Waals surface area contributed by atoms with E-state index in [9.17, 15) is 4.79 Å². The summed E-state index contributed by atoms with van der Waals surface area (Å²) in [5.74, 6) is 0.913. The maximum Gasteiger partial charge on any atom is 0.257 e. The molecule has 0 saturated carbocycles. The molecule has 0 N–H and O–H groups in total. The smallest absolute Gasteiger partial charge is 0.257 e. The SMILES string of the molecule is Cc1c(C(=O)N(C)C(C)CCc2ccco2)c(-c2ccccc2)nn1-c1ccccc1. The van der Waals surface area contributed by atoms with E-state index in [-0.39, 0.29) is 11.9 Å². The van der Waals surface area contributed by atoms with E-state index in [0.29, 0.717) is 11.3 Å².